The second-order valence-corrected chi connectivity index (χ2v) is 4.57. The molecular weight excluding hydrogens is 188 g/mol. The van der Waals surface area contributed by atoms with Crippen molar-refractivity contribution in [3.05, 3.63) is 0 Å². The third kappa shape index (κ3) is 7.95. The van der Waals surface area contributed by atoms with E-state index in [-0.39, 0.29) is 5.97 Å². The van der Waals surface area contributed by atoms with Gasteiger partial charge in [-0.05, 0) is 13.8 Å². The van der Waals surface area contributed by atoms with Crippen LogP contribution >= 0.6 is 0 Å². The number of rotatable bonds is 7. The maximum absolute atomic E-state index is 10.5. The number of hydrogen-bond donors (Lipinski definition) is 0. The van der Waals surface area contributed by atoms with E-state index in [0.717, 1.165) is 6.04 Å². The minimum Gasteiger partial charge on any atom is -0.466 e. The molecule has 0 aliphatic heterocycles. The average Bonchev–Trinajstić information content (AvgIpc) is 2.04. The smallest absolute Gasteiger partial charge is 0.324 e. The van der Waals surface area contributed by atoms with E-state index in [2.05, 4.69) is 0 Å². The minimum atomic E-state index is -1.57. The molecule has 0 aromatic heterocycles. The third-order valence-electron chi connectivity index (χ3n) is 1.36. The summed E-state index contributed by atoms with van der Waals surface area (Å²) in [5.41, 5.74) is 0. The van der Waals surface area contributed by atoms with Crippen molar-refractivity contribution in [2.45, 2.75) is 26.8 Å². The molecule has 0 aliphatic carbocycles. The normalized spacial score (nSPS) is 10.5. The van der Waals surface area contributed by atoms with E-state index in [4.69, 9.17) is 13.6 Å². The van der Waals surface area contributed by atoms with Gasteiger partial charge in [0, 0.05) is 26.2 Å². The van der Waals surface area contributed by atoms with Crippen LogP contribution in [-0.4, -0.2) is 35.1 Å². The van der Waals surface area contributed by atoms with Gasteiger partial charge in [0.25, 0.3) is 0 Å². The number of carbonyl (C=O) groups is 1. The Morgan fingerprint density at radius 2 is 1.77 bits per heavy atom. The molecule has 0 unspecified atom stereocenters. The molecule has 0 aromatic rings. The molecule has 0 aliphatic rings. The fourth-order valence-electron chi connectivity index (χ4n) is 0.885. The molecule has 13 heavy (non-hydrogen) atoms. The molecule has 78 valence electrons. The average molecular weight is 206 g/mol. The fraction of sp³-hybridized carbons (Fsp3) is 0.875. The molecule has 0 fully saturated rings. The zero-order chi connectivity index (χ0) is 10.1. The molecule has 0 heterocycles. The highest BCUT2D eigenvalue weighted by Gasteiger charge is 2.12. The maximum Gasteiger partial charge on any atom is 0.324 e. The highest BCUT2D eigenvalue weighted by molar-refractivity contribution is 6.44. The standard InChI is InChI=1S/C8H18O4Si/c1-4-11-13(12-5-2)7-6-10-8(3)9/h13H,4-7H2,1-3H3. The molecule has 0 N–H and O–H groups in total. The molecule has 0 saturated heterocycles. The fourth-order valence-corrected chi connectivity index (χ4v) is 2.37. The molecule has 0 aromatic carbocycles. The van der Waals surface area contributed by atoms with Crippen molar-refractivity contribution >= 4 is 15.3 Å². The molecule has 0 rings (SSSR count). The lowest BCUT2D eigenvalue weighted by molar-refractivity contribution is -0.140. The Hall–Kier alpha value is -0.393. The van der Waals surface area contributed by atoms with E-state index in [0.29, 0.717) is 19.8 Å². The third-order valence-corrected chi connectivity index (χ3v) is 3.48. The van der Waals surface area contributed by atoms with Crippen LogP contribution in [-0.2, 0) is 18.4 Å². The van der Waals surface area contributed by atoms with Gasteiger partial charge < -0.3 is 13.6 Å². The van der Waals surface area contributed by atoms with Crippen LogP contribution in [0.5, 0.6) is 0 Å². The van der Waals surface area contributed by atoms with Crippen LogP contribution in [0.2, 0.25) is 6.04 Å². The van der Waals surface area contributed by atoms with Crippen molar-refractivity contribution in [1.29, 1.82) is 0 Å². The lowest BCUT2D eigenvalue weighted by Gasteiger charge is -2.13. The van der Waals surface area contributed by atoms with Gasteiger partial charge in [0.1, 0.15) is 0 Å². The van der Waals surface area contributed by atoms with Gasteiger partial charge >= 0.3 is 15.3 Å². The largest absolute Gasteiger partial charge is 0.466 e. The van der Waals surface area contributed by atoms with Gasteiger partial charge in [0.05, 0.1) is 6.61 Å². The molecule has 0 saturated carbocycles. The summed E-state index contributed by atoms with van der Waals surface area (Å²) in [6, 6.07) is 0.723. The molecule has 0 radical (unpaired) electrons. The molecule has 0 bridgehead atoms. The van der Waals surface area contributed by atoms with Crippen molar-refractivity contribution in [2.75, 3.05) is 19.8 Å². The Labute approximate surface area is 81.0 Å². The van der Waals surface area contributed by atoms with Crippen molar-refractivity contribution in [3.8, 4) is 0 Å². The first-order chi connectivity index (χ1) is 6.20. The summed E-state index contributed by atoms with van der Waals surface area (Å²) in [4.78, 5) is 10.5. The molecule has 0 amide bonds. The summed E-state index contributed by atoms with van der Waals surface area (Å²) >= 11 is 0. The first-order valence-corrected chi connectivity index (χ1v) is 6.33. The summed E-state index contributed by atoms with van der Waals surface area (Å²) in [6.45, 7) is 7.01. The van der Waals surface area contributed by atoms with Crippen LogP contribution in [0.25, 0.3) is 0 Å². The predicted molar refractivity (Wildman–Crippen MR) is 51.8 cm³/mol. The van der Waals surface area contributed by atoms with Crippen molar-refractivity contribution in [2.24, 2.45) is 0 Å². The minimum absolute atomic E-state index is 0.249. The Balaban J connectivity index is 3.49. The van der Waals surface area contributed by atoms with E-state index in [1.165, 1.54) is 6.92 Å². The summed E-state index contributed by atoms with van der Waals surface area (Å²) in [5.74, 6) is -0.249. The van der Waals surface area contributed by atoms with Crippen LogP contribution < -0.4 is 0 Å². The Morgan fingerprint density at radius 1 is 1.23 bits per heavy atom. The SMILES string of the molecule is CCO[SiH](CCOC(C)=O)OCC. The first kappa shape index (κ1) is 12.6. The first-order valence-electron chi connectivity index (χ1n) is 4.57. The van der Waals surface area contributed by atoms with Gasteiger partial charge in [-0.2, -0.15) is 0 Å². The summed E-state index contributed by atoms with van der Waals surface area (Å²) in [7, 11) is -1.57. The van der Waals surface area contributed by atoms with E-state index < -0.39 is 9.28 Å². The molecule has 4 nitrogen and oxygen atoms in total. The van der Waals surface area contributed by atoms with E-state index in [1.54, 1.807) is 0 Å². The van der Waals surface area contributed by atoms with Gasteiger partial charge in [-0.15, -0.1) is 0 Å². The highest BCUT2D eigenvalue weighted by atomic mass is 28.3. The summed E-state index contributed by atoms with van der Waals surface area (Å²) in [6.07, 6.45) is 0. The van der Waals surface area contributed by atoms with E-state index in [1.807, 2.05) is 13.8 Å². The maximum atomic E-state index is 10.5. The van der Waals surface area contributed by atoms with Crippen LogP contribution in [0.3, 0.4) is 0 Å². The Morgan fingerprint density at radius 3 is 2.15 bits per heavy atom. The lowest BCUT2D eigenvalue weighted by Crippen LogP contribution is -2.24. The van der Waals surface area contributed by atoms with E-state index in [9.17, 15) is 4.79 Å². The summed E-state index contributed by atoms with van der Waals surface area (Å²) in [5, 5.41) is 0. The predicted octanol–water partition coefficient (Wildman–Crippen LogP) is 0.843. The molecule has 0 atom stereocenters. The van der Waals surface area contributed by atoms with Gasteiger partial charge in [0.2, 0.25) is 0 Å². The van der Waals surface area contributed by atoms with Crippen molar-refractivity contribution in [1.82, 2.24) is 0 Å². The molecule has 5 heteroatoms. The van der Waals surface area contributed by atoms with Gasteiger partial charge in [-0.25, -0.2) is 0 Å². The van der Waals surface area contributed by atoms with Gasteiger partial charge in [0.15, 0.2) is 0 Å². The topological polar surface area (TPSA) is 44.8 Å². The second kappa shape index (κ2) is 8.22. The highest BCUT2D eigenvalue weighted by Crippen LogP contribution is 1.98. The number of esters is 1. The summed E-state index contributed by atoms with van der Waals surface area (Å²) < 4.78 is 15.6. The van der Waals surface area contributed by atoms with Gasteiger partial charge in [-0.1, -0.05) is 0 Å². The second-order valence-electron chi connectivity index (χ2n) is 2.47. The van der Waals surface area contributed by atoms with Crippen LogP contribution in [0.4, 0.5) is 0 Å². The zero-order valence-corrected chi connectivity index (χ0v) is 9.69. The zero-order valence-electron chi connectivity index (χ0n) is 8.54. The van der Waals surface area contributed by atoms with E-state index >= 15 is 0 Å². The van der Waals surface area contributed by atoms with Crippen molar-refractivity contribution < 1.29 is 18.4 Å². The quantitative estimate of drug-likeness (QED) is 0.457. The number of ether oxygens (including phenoxy) is 1. The number of hydrogen-bond acceptors (Lipinski definition) is 4. The molecule has 0 spiro atoms. The van der Waals surface area contributed by atoms with Crippen molar-refractivity contribution in [3.63, 3.8) is 0 Å². The Bertz CT molecular complexity index is 134. The van der Waals surface area contributed by atoms with Crippen LogP contribution in [0.15, 0.2) is 0 Å². The lowest BCUT2D eigenvalue weighted by atomic mass is 10.8. The van der Waals surface area contributed by atoms with Gasteiger partial charge in [-0.3, -0.25) is 4.79 Å². The monoisotopic (exact) mass is 206 g/mol. The molecular formula is C8H18O4Si. The van der Waals surface area contributed by atoms with Crippen LogP contribution in [0.1, 0.15) is 20.8 Å². The Kier molecular flexibility index (Phi) is 7.97. The van der Waals surface area contributed by atoms with Crippen LogP contribution in [0, 0.1) is 0 Å². The number of carbonyl (C=O) groups excluding carboxylic acids is 1.